The fourth-order valence-corrected chi connectivity index (χ4v) is 3.44. The molecule has 5 nitrogen and oxygen atoms in total. The first-order valence-corrected chi connectivity index (χ1v) is 9.18. The highest BCUT2D eigenvalue weighted by atomic mass is 16.5. The molecular formula is C21H27N3O2. The Bertz CT molecular complexity index is 841. The highest BCUT2D eigenvalue weighted by molar-refractivity contribution is 5.57. The summed E-state index contributed by atoms with van der Waals surface area (Å²) in [4.78, 5) is 22.1. The molecule has 26 heavy (non-hydrogen) atoms. The second-order valence-electron chi connectivity index (χ2n) is 6.90. The highest BCUT2D eigenvalue weighted by Crippen LogP contribution is 2.24. The Kier molecular flexibility index (Phi) is 5.89. The van der Waals surface area contributed by atoms with Crippen LogP contribution in [0.1, 0.15) is 41.4 Å². The van der Waals surface area contributed by atoms with E-state index in [1.807, 2.05) is 32.0 Å². The van der Waals surface area contributed by atoms with Gasteiger partial charge >= 0.3 is 0 Å². The molecule has 1 unspecified atom stereocenters. The van der Waals surface area contributed by atoms with Gasteiger partial charge < -0.3 is 9.72 Å². The average Bonchev–Trinajstić information content (AvgIpc) is 2.66. The third-order valence-electron chi connectivity index (χ3n) is 5.11. The maximum absolute atomic E-state index is 12.0. The number of likely N-dealkylation sites (tertiary alicyclic amines) is 1. The zero-order chi connectivity index (χ0) is 18.5. The van der Waals surface area contributed by atoms with E-state index in [-0.39, 0.29) is 11.5 Å². The summed E-state index contributed by atoms with van der Waals surface area (Å²) in [6, 6.07) is 8.01. The quantitative estimate of drug-likeness (QED) is 0.896. The molecule has 0 aliphatic carbocycles. The molecule has 0 saturated carbocycles. The lowest BCUT2D eigenvalue weighted by Gasteiger charge is -2.31. The van der Waals surface area contributed by atoms with Crippen LogP contribution in [0, 0.1) is 13.8 Å². The van der Waals surface area contributed by atoms with Gasteiger partial charge in [-0.3, -0.25) is 9.69 Å². The number of methoxy groups -OCH3 is 1. The maximum atomic E-state index is 12.0. The van der Waals surface area contributed by atoms with Crippen molar-refractivity contribution in [1.29, 1.82) is 0 Å². The molecule has 1 N–H and O–H groups in total. The SMILES string of the molecule is COc1ccccc1/C=C/CN1CCCC(c2nc(C)c(C)c(=O)[nH]2)C1. The monoisotopic (exact) mass is 353 g/mol. The molecule has 2 aromatic rings. The zero-order valence-corrected chi connectivity index (χ0v) is 15.8. The molecule has 1 aliphatic heterocycles. The maximum Gasteiger partial charge on any atom is 0.254 e. The van der Waals surface area contributed by atoms with Crippen molar-refractivity contribution in [2.45, 2.75) is 32.6 Å². The Balaban J connectivity index is 1.65. The number of ether oxygens (including phenoxy) is 1. The van der Waals surface area contributed by atoms with Crippen LogP contribution in [-0.4, -0.2) is 41.6 Å². The minimum absolute atomic E-state index is 0.0132. The van der Waals surface area contributed by atoms with E-state index in [2.05, 4.69) is 33.1 Å². The molecule has 1 saturated heterocycles. The number of aromatic nitrogens is 2. The lowest BCUT2D eigenvalue weighted by molar-refractivity contribution is 0.223. The van der Waals surface area contributed by atoms with Gasteiger partial charge in [0.2, 0.25) is 0 Å². The van der Waals surface area contributed by atoms with E-state index >= 15 is 0 Å². The number of H-pyrrole nitrogens is 1. The summed E-state index contributed by atoms with van der Waals surface area (Å²) in [7, 11) is 1.69. The van der Waals surface area contributed by atoms with Crippen molar-refractivity contribution >= 4 is 6.08 Å². The van der Waals surface area contributed by atoms with Crippen LogP contribution in [0.25, 0.3) is 6.08 Å². The largest absolute Gasteiger partial charge is 0.496 e. The Morgan fingerprint density at radius 2 is 2.15 bits per heavy atom. The van der Waals surface area contributed by atoms with Gasteiger partial charge in [-0.15, -0.1) is 0 Å². The van der Waals surface area contributed by atoms with Crippen molar-refractivity contribution in [3.8, 4) is 5.75 Å². The summed E-state index contributed by atoms with van der Waals surface area (Å²) in [5.41, 5.74) is 2.61. The van der Waals surface area contributed by atoms with Crippen molar-refractivity contribution in [3.63, 3.8) is 0 Å². The fraction of sp³-hybridized carbons (Fsp3) is 0.429. The van der Waals surface area contributed by atoms with Gasteiger partial charge in [-0.2, -0.15) is 0 Å². The van der Waals surface area contributed by atoms with Crippen LogP contribution in [-0.2, 0) is 0 Å². The number of benzene rings is 1. The second kappa shape index (κ2) is 8.32. The van der Waals surface area contributed by atoms with E-state index in [0.29, 0.717) is 5.56 Å². The predicted molar refractivity (Wildman–Crippen MR) is 105 cm³/mol. The van der Waals surface area contributed by atoms with E-state index in [1.54, 1.807) is 7.11 Å². The first kappa shape index (κ1) is 18.4. The van der Waals surface area contributed by atoms with Crippen LogP contribution in [0.3, 0.4) is 0 Å². The molecule has 0 radical (unpaired) electrons. The number of aromatic amines is 1. The molecule has 3 rings (SSSR count). The summed E-state index contributed by atoms with van der Waals surface area (Å²) in [5.74, 6) is 2.00. The summed E-state index contributed by atoms with van der Waals surface area (Å²) in [5, 5.41) is 0. The number of rotatable bonds is 5. The number of aryl methyl sites for hydroxylation is 1. The number of hydrogen-bond donors (Lipinski definition) is 1. The molecular weight excluding hydrogens is 326 g/mol. The smallest absolute Gasteiger partial charge is 0.254 e. The lowest BCUT2D eigenvalue weighted by Crippen LogP contribution is -2.36. The molecule has 1 aromatic heterocycles. The van der Waals surface area contributed by atoms with E-state index < -0.39 is 0 Å². The van der Waals surface area contributed by atoms with Gasteiger partial charge in [0.1, 0.15) is 11.6 Å². The van der Waals surface area contributed by atoms with E-state index in [9.17, 15) is 4.79 Å². The molecule has 0 spiro atoms. The average molecular weight is 353 g/mol. The molecule has 1 atom stereocenters. The molecule has 5 heteroatoms. The van der Waals surface area contributed by atoms with Crippen molar-refractivity contribution in [2.75, 3.05) is 26.7 Å². The van der Waals surface area contributed by atoms with Gasteiger partial charge in [0.25, 0.3) is 5.56 Å². The summed E-state index contributed by atoms with van der Waals surface area (Å²) in [6.07, 6.45) is 6.47. The van der Waals surface area contributed by atoms with E-state index in [4.69, 9.17) is 4.74 Å². The van der Waals surface area contributed by atoms with Crippen LogP contribution >= 0.6 is 0 Å². The Morgan fingerprint density at radius 1 is 1.35 bits per heavy atom. The van der Waals surface area contributed by atoms with Gasteiger partial charge in [0, 0.05) is 35.8 Å². The first-order chi connectivity index (χ1) is 12.6. The summed E-state index contributed by atoms with van der Waals surface area (Å²) < 4.78 is 5.39. The molecule has 0 bridgehead atoms. The number of piperidine rings is 1. The number of nitrogens with zero attached hydrogens (tertiary/aromatic N) is 2. The first-order valence-electron chi connectivity index (χ1n) is 9.18. The molecule has 138 valence electrons. The highest BCUT2D eigenvalue weighted by Gasteiger charge is 2.23. The van der Waals surface area contributed by atoms with Gasteiger partial charge in [-0.25, -0.2) is 4.98 Å². The van der Waals surface area contributed by atoms with Crippen molar-refractivity contribution in [3.05, 3.63) is 63.3 Å². The normalized spacial score (nSPS) is 18.3. The Morgan fingerprint density at radius 3 is 2.92 bits per heavy atom. The third-order valence-corrected chi connectivity index (χ3v) is 5.11. The van der Waals surface area contributed by atoms with Crippen LogP contribution in [0.15, 0.2) is 35.1 Å². The Hall–Kier alpha value is -2.40. The minimum atomic E-state index is -0.0132. The number of para-hydroxylation sites is 1. The topological polar surface area (TPSA) is 58.2 Å². The van der Waals surface area contributed by atoms with Gasteiger partial charge in [-0.05, 0) is 39.3 Å². The van der Waals surface area contributed by atoms with Crippen LogP contribution < -0.4 is 10.3 Å². The van der Waals surface area contributed by atoms with Crippen molar-refractivity contribution in [1.82, 2.24) is 14.9 Å². The molecule has 1 aliphatic rings. The fourth-order valence-electron chi connectivity index (χ4n) is 3.44. The second-order valence-corrected chi connectivity index (χ2v) is 6.90. The molecule has 0 amide bonds. The minimum Gasteiger partial charge on any atom is -0.496 e. The molecule has 1 aromatic carbocycles. The zero-order valence-electron chi connectivity index (χ0n) is 15.8. The lowest BCUT2D eigenvalue weighted by atomic mass is 9.97. The van der Waals surface area contributed by atoms with Gasteiger partial charge in [0.05, 0.1) is 7.11 Å². The van der Waals surface area contributed by atoms with Gasteiger partial charge in [-0.1, -0.05) is 30.4 Å². The molecule has 2 heterocycles. The number of nitrogens with one attached hydrogen (secondary N) is 1. The molecule has 1 fully saturated rings. The predicted octanol–water partition coefficient (Wildman–Crippen LogP) is 3.29. The van der Waals surface area contributed by atoms with Crippen molar-refractivity contribution < 1.29 is 4.74 Å². The summed E-state index contributed by atoms with van der Waals surface area (Å²) in [6.45, 7) is 6.60. The van der Waals surface area contributed by atoms with Crippen LogP contribution in [0.2, 0.25) is 0 Å². The number of hydrogen-bond acceptors (Lipinski definition) is 4. The van der Waals surface area contributed by atoms with Crippen LogP contribution in [0.5, 0.6) is 5.75 Å². The standard InChI is InChI=1S/C21H27N3O2/c1-15-16(2)22-20(23-21(15)25)18-10-7-13-24(14-18)12-6-9-17-8-4-5-11-19(17)26-3/h4-6,8-9,11,18H,7,10,12-14H2,1-3H3,(H,22,23,25)/b9-6+. The van der Waals surface area contributed by atoms with Crippen molar-refractivity contribution in [2.24, 2.45) is 0 Å². The Labute approximate surface area is 154 Å². The van der Waals surface area contributed by atoms with E-state index in [0.717, 1.165) is 55.3 Å². The summed E-state index contributed by atoms with van der Waals surface area (Å²) >= 11 is 0. The van der Waals surface area contributed by atoms with Gasteiger partial charge in [0.15, 0.2) is 0 Å². The van der Waals surface area contributed by atoms with Crippen LogP contribution in [0.4, 0.5) is 0 Å². The third kappa shape index (κ3) is 4.22. The van der Waals surface area contributed by atoms with E-state index in [1.165, 1.54) is 0 Å².